The van der Waals surface area contributed by atoms with Crippen LogP contribution in [-0.2, 0) is 29.4 Å². The highest BCUT2D eigenvalue weighted by Crippen LogP contribution is 2.38. The standard InChI is InChI=1S/C13H26NO9PS3/c1-10(23-24(18,19)20)12(13(16)17)14-11(15)6-4-2-3-5-7-25-26-8-9-27(21)22/h10,12,27H,2-9H2,1H3,(H,14,15)(H,16,17)(H2,18,19,20)/t10?,12-/m0/s1. The number of hydrogen-bond acceptors (Lipinski definition) is 8. The molecule has 1 amide bonds. The molecule has 10 nitrogen and oxygen atoms in total. The highest BCUT2D eigenvalue weighted by molar-refractivity contribution is 8.76. The highest BCUT2D eigenvalue weighted by atomic mass is 33.1. The first-order valence-electron chi connectivity index (χ1n) is 8.15. The van der Waals surface area contributed by atoms with E-state index in [9.17, 15) is 22.6 Å². The summed E-state index contributed by atoms with van der Waals surface area (Å²) in [5, 5.41) is 11.3. The first kappa shape index (κ1) is 26.7. The summed E-state index contributed by atoms with van der Waals surface area (Å²) in [6.07, 6.45) is 1.86. The van der Waals surface area contributed by atoms with E-state index in [0.717, 1.165) is 31.9 Å². The maximum atomic E-state index is 11.8. The Bertz CT molecular complexity index is 573. The van der Waals surface area contributed by atoms with E-state index in [1.165, 1.54) is 10.8 Å². The molecule has 0 aliphatic rings. The summed E-state index contributed by atoms with van der Waals surface area (Å²) in [7, 11) is -4.06. The second-order valence-corrected chi connectivity index (χ2v) is 10.6. The molecular formula is C13H26NO9PS3. The molecule has 0 aromatic heterocycles. The number of amides is 1. The maximum Gasteiger partial charge on any atom is 0.469 e. The quantitative estimate of drug-likeness (QED) is 0.0950. The van der Waals surface area contributed by atoms with Gasteiger partial charge in [0.05, 0.1) is 11.9 Å². The van der Waals surface area contributed by atoms with E-state index < -0.39 is 42.5 Å². The van der Waals surface area contributed by atoms with E-state index in [4.69, 9.17) is 14.9 Å². The minimum atomic E-state index is -4.86. The van der Waals surface area contributed by atoms with E-state index in [0.29, 0.717) is 12.2 Å². The van der Waals surface area contributed by atoms with Gasteiger partial charge in [-0.25, -0.2) is 17.8 Å². The molecule has 0 bridgehead atoms. The van der Waals surface area contributed by atoms with Crippen LogP contribution in [0.4, 0.5) is 0 Å². The normalized spacial score (nSPS) is 14.1. The molecule has 1 unspecified atom stereocenters. The number of phosphoric ester groups is 1. The van der Waals surface area contributed by atoms with Crippen LogP contribution >= 0.6 is 29.4 Å². The molecule has 0 heterocycles. The van der Waals surface area contributed by atoms with Gasteiger partial charge in [-0.1, -0.05) is 34.4 Å². The molecule has 0 spiro atoms. The van der Waals surface area contributed by atoms with Gasteiger partial charge in [0.2, 0.25) is 5.91 Å². The van der Waals surface area contributed by atoms with Crippen LogP contribution in [0.15, 0.2) is 0 Å². The Morgan fingerprint density at radius 2 is 1.70 bits per heavy atom. The smallest absolute Gasteiger partial charge is 0.469 e. The molecular weight excluding hydrogens is 441 g/mol. The number of thiol groups is 1. The summed E-state index contributed by atoms with van der Waals surface area (Å²) in [6, 6.07) is -1.55. The summed E-state index contributed by atoms with van der Waals surface area (Å²) in [5.41, 5.74) is 0. The van der Waals surface area contributed by atoms with Crippen molar-refractivity contribution >= 4 is 52.0 Å². The van der Waals surface area contributed by atoms with Gasteiger partial charge in [-0.3, -0.25) is 9.32 Å². The zero-order valence-electron chi connectivity index (χ0n) is 14.8. The van der Waals surface area contributed by atoms with Crippen LogP contribution in [0.1, 0.15) is 39.0 Å². The lowest BCUT2D eigenvalue weighted by atomic mass is 10.1. The number of rotatable bonds is 16. The summed E-state index contributed by atoms with van der Waals surface area (Å²) in [5.74, 6) is -0.346. The van der Waals surface area contributed by atoms with Crippen molar-refractivity contribution in [1.82, 2.24) is 5.32 Å². The van der Waals surface area contributed by atoms with Crippen LogP contribution < -0.4 is 5.32 Å². The van der Waals surface area contributed by atoms with Gasteiger partial charge >= 0.3 is 13.8 Å². The van der Waals surface area contributed by atoms with E-state index in [1.807, 2.05) is 0 Å². The minimum Gasteiger partial charge on any atom is -0.480 e. The lowest BCUT2D eigenvalue weighted by Crippen LogP contribution is -2.48. The van der Waals surface area contributed by atoms with E-state index in [2.05, 4.69) is 9.84 Å². The molecule has 160 valence electrons. The number of hydrogen-bond donors (Lipinski definition) is 5. The summed E-state index contributed by atoms with van der Waals surface area (Å²) in [6.45, 7) is 1.16. The van der Waals surface area contributed by atoms with Crippen LogP contribution in [0.3, 0.4) is 0 Å². The molecule has 0 saturated carbocycles. The average molecular weight is 468 g/mol. The number of carboxylic acid groups (broad SMARTS) is 1. The molecule has 0 aromatic carbocycles. The molecule has 0 aliphatic heterocycles. The van der Waals surface area contributed by atoms with Gasteiger partial charge < -0.3 is 20.2 Å². The Kier molecular flexibility index (Phi) is 14.5. The first-order chi connectivity index (χ1) is 12.5. The van der Waals surface area contributed by atoms with Gasteiger partial charge in [-0.05, 0) is 19.8 Å². The Hall–Kier alpha value is -0.300. The Labute approximate surface area is 167 Å². The minimum absolute atomic E-state index is 0.102. The molecule has 14 heteroatoms. The lowest BCUT2D eigenvalue weighted by molar-refractivity contribution is -0.144. The third-order valence-corrected chi connectivity index (χ3v) is 7.17. The molecule has 0 aliphatic carbocycles. The fraction of sp³-hybridized carbons (Fsp3) is 0.846. The van der Waals surface area contributed by atoms with Crippen molar-refractivity contribution in [3.8, 4) is 0 Å². The van der Waals surface area contributed by atoms with Gasteiger partial charge in [-0.15, -0.1) is 0 Å². The van der Waals surface area contributed by atoms with Crippen LogP contribution in [0, 0.1) is 0 Å². The van der Waals surface area contributed by atoms with Crippen molar-refractivity contribution in [3.05, 3.63) is 0 Å². The number of carbonyl (C=O) groups excluding carboxylic acids is 1. The second-order valence-electron chi connectivity index (χ2n) is 5.55. The SMILES string of the molecule is CC(OP(=O)(O)O)[C@H](NC(=O)CCCCCCSSCC[SH](=O)=O)C(=O)O. The summed E-state index contributed by atoms with van der Waals surface area (Å²) in [4.78, 5) is 40.4. The van der Waals surface area contributed by atoms with E-state index in [-0.39, 0.29) is 12.2 Å². The Morgan fingerprint density at radius 3 is 2.26 bits per heavy atom. The third-order valence-electron chi connectivity index (χ3n) is 3.18. The largest absolute Gasteiger partial charge is 0.480 e. The van der Waals surface area contributed by atoms with Crippen molar-refractivity contribution in [1.29, 1.82) is 0 Å². The fourth-order valence-corrected chi connectivity index (χ4v) is 5.67. The van der Waals surface area contributed by atoms with Crippen molar-refractivity contribution < 1.29 is 42.0 Å². The van der Waals surface area contributed by atoms with Crippen LogP contribution in [0.25, 0.3) is 0 Å². The second kappa shape index (κ2) is 14.7. The number of aliphatic carboxylic acids is 1. The Morgan fingerprint density at radius 1 is 1.11 bits per heavy atom. The van der Waals surface area contributed by atoms with Gasteiger partial charge in [0, 0.05) is 17.9 Å². The van der Waals surface area contributed by atoms with Crippen LogP contribution in [0.2, 0.25) is 0 Å². The monoisotopic (exact) mass is 467 g/mol. The van der Waals surface area contributed by atoms with Crippen molar-refractivity contribution in [2.45, 2.75) is 51.2 Å². The number of unbranched alkanes of at least 4 members (excludes halogenated alkanes) is 3. The van der Waals surface area contributed by atoms with E-state index in [1.54, 1.807) is 10.8 Å². The molecule has 0 radical (unpaired) electrons. The molecule has 0 saturated heterocycles. The molecule has 0 aromatic rings. The predicted molar refractivity (Wildman–Crippen MR) is 105 cm³/mol. The van der Waals surface area contributed by atoms with Gasteiger partial charge in [0.1, 0.15) is 10.7 Å². The van der Waals surface area contributed by atoms with Crippen LogP contribution in [-0.4, -0.2) is 64.6 Å². The number of carbonyl (C=O) groups is 2. The predicted octanol–water partition coefficient (Wildman–Crippen LogP) is 0.997. The van der Waals surface area contributed by atoms with Gasteiger partial charge in [-0.2, -0.15) is 0 Å². The zero-order chi connectivity index (χ0) is 20.9. The number of nitrogens with one attached hydrogen (secondary N) is 1. The number of carboxylic acids is 1. The molecule has 0 fully saturated rings. The van der Waals surface area contributed by atoms with Crippen molar-refractivity contribution in [2.24, 2.45) is 0 Å². The summed E-state index contributed by atoms with van der Waals surface area (Å²) < 4.78 is 35.8. The summed E-state index contributed by atoms with van der Waals surface area (Å²) >= 11 is 0. The van der Waals surface area contributed by atoms with E-state index >= 15 is 0 Å². The highest BCUT2D eigenvalue weighted by Gasteiger charge is 2.32. The Balaban J connectivity index is 3.90. The maximum absolute atomic E-state index is 11.8. The van der Waals surface area contributed by atoms with Crippen molar-refractivity contribution in [3.63, 3.8) is 0 Å². The topological polar surface area (TPSA) is 167 Å². The zero-order valence-corrected chi connectivity index (χ0v) is 18.2. The first-order valence-corrected chi connectivity index (χ1v) is 13.5. The average Bonchev–Trinajstić information content (AvgIpc) is 2.52. The molecule has 2 atom stereocenters. The van der Waals surface area contributed by atoms with Crippen molar-refractivity contribution in [2.75, 3.05) is 17.3 Å². The number of phosphoric acid groups is 1. The van der Waals surface area contributed by atoms with Gasteiger partial charge in [0.15, 0.2) is 6.04 Å². The molecule has 27 heavy (non-hydrogen) atoms. The van der Waals surface area contributed by atoms with Crippen LogP contribution in [0.5, 0.6) is 0 Å². The lowest BCUT2D eigenvalue weighted by Gasteiger charge is -2.21. The van der Waals surface area contributed by atoms with Gasteiger partial charge in [0.25, 0.3) is 0 Å². The third kappa shape index (κ3) is 16.4. The fourth-order valence-electron chi connectivity index (χ4n) is 1.93. The molecule has 4 N–H and O–H groups in total. The molecule has 0 rings (SSSR count).